The molecule has 0 saturated heterocycles. The summed E-state index contributed by atoms with van der Waals surface area (Å²) in [6.07, 6.45) is 8.53. The Morgan fingerprint density at radius 2 is 2.05 bits per heavy atom. The number of aromatic nitrogens is 1. The van der Waals surface area contributed by atoms with Crippen molar-refractivity contribution in [1.82, 2.24) is 9.71 Å². The minimum atomic E-state index is -3.46. The molecule has 7 heteroatoms. The number of sulfonamides is 1. The van der Waals surface area contributed by atoms with E-state index in [9.17, 15) is 8.42 Å². The summed E-state index contributed by atoms with van der Waals surface area (Å²) in [5.41, 5.74) is 2.36. The zero-order valence-corrected chi connectivity index (χ0v) is 12.3. The van der Waals surface area contributed by atoms with Gasteiger partial charge in [-0.25, -0.2) is 24.0 Å². The molecule has 1 aliphatic carbocycles. The van der Waals surface area contributed by atoms with Crippen molar-refractivity contribution in [3.05, 3.63) is 18.3 Å². The first-order valence-electron chi connectivity index (χ1n) is 7.04. The van der Waals surface area contributed by atoms with E-state index in [2.05, 4.69) is 15.1 Å². The van der Waals surface area contributed by atoms with Gasteiger partial charge >= 0.3 is 0 Å². The first-order chi connectivity index (χ1) is 9.62. The number of nitrogens with zero attached hydrogens (tertiary/aromatic N) is 1. The molecule has 0 bridgehead atoms. The van der Waals surface area contributed by atoms with Crippen LogP contribution in [0.2, 0.25) is 0 Å². The van der Waals surface area contributed by atoms with Gasteiger partial charge in [-0.2, -0.15) is 0 Å². The van der Waals surface area contributed by atoms with Crippen LogP contribution in [0.15, 0.2) is 23.2 Å². The second kappa shape index (κ2) is 7.01. The molecular weight excluding hydrogens is 276 g/mol. The molecule has 0 unspecified atom stereocenters. The molecule has 0 radical (unpaired) electrons. The molecule has 20 heavy (non-hydrogen) atoms. The van der Waals surface area contributed by atoms with Crippen LogP contribution in [0.3, 0.4) is 0 Å². The SMILES string of the molecule is NNc1ccc(S(=O)(=O)NCCCC2CCCC2)cn1. The third kappa shape index (κ3) is 4.16. The van der Waals surface area contributed by atoms with E-state index in [1.807, 2.05) is 0 Å². The number of nitrogens with one attached hydrogen (secondary N) is 2. The Balaban J connectivity index is 1.80. The molecule has 1 fully saturated rings. The van der Waals surface area contributed by atoms with Crippen LogP contribution in [-0.4, -0.2) is 19.9 Å². The van der Waals surface area contributed by atoms with Crippen LogP contribution in [0.25, 0.3) is 0 Å². The number of nitrogens with two attached hydrogens (primary N) is 1. The standard InChI is InChI=1S/C13H22N4O2S/c14-17-13-8-7-12(10-15-13)20(18,19)16-9-3-6-11-4-1-2-5-11/h7-8,10-11,16H,1-6,9,14H2,(H,15,17). The first kappa shape index (κ1) is 15.2. The zero-order valence-electron chi connectivity index (χ0n) is 11.5. The van der Waals surface area contributed by atoms with Crippen LogP contribution in [0, 0.1) is 5.92 Å². The summed E-state index contributed by atoms with van der Waals surface area (Å²) in [5, 5.41) is 0. The van der Waals surface area contributed by atoms with Gasteiger partial charge < -0.3 is 5.43 Å². The van der Waals surface area contributed by atoms with E-state index in [-0.39, 0.29) is 4.90 Å². The quantitative estimate of drug-likeness (QED) is 0.404. The van der Waals surface area contributed by atoms with Crippen molar-refractivity contribution in [2.75, 3.05) is 12.0 Å². The van der Waals surface area contributed by atoms with E-state index < -0.39 is 10.0 Å². The maximum absolute atomic E-state index is 12.0. The highest BCUT2D eigenvalue weighted by molar-refractivity contribution is 7.89. The zero-order chi connectivity index (χ0) is 14.4. The maximum atomic E-state index is 12.0. The largest absolute Gasteiger partial charge is 0.308 e. The van der Waals surface area contributed by atoms with E-state index in [1.54, 1.807) is 0 Å². The van der Waals surface area contributed by atoms with Crippen molar-refractivity contribution in [1.29, 1.82) is 0 Å². The third-order valence-electron chi connectivity index (χ3n) is 3.75. The number of hydrogen-bond donors (Lipinski definition) is 3. The molecule has 0 amide bonds. The maximum Gasteiger partial charge on any atom is 0.242 e. The van der Waals surface area contributed by atoms with Gasteiger partial charge in [0.1, 0.15) is 10.7 Å². The summed E-state index contributed by atoms with van der Waals surface area (Å²) in [4.78, 5) is 4.06. The fourth-order valence-electron chi connectivity index (χ4n) is 2.60. The number of hydrazine groups is 1. The van der Waals surface area contributed by atoms with E-state index in [1.165, 1.54) is 44.0 Å². The molecule has 2 rings (SSSR count). The van der Waals surface area contributed by atoms with Gasteiger partial charge in [0.25, 0.3) is 0 Å². The van der Waals surface area contributed by atoms with Gasteiger partial charge in [-0.15, -0.1) is 0 Å². The first-order valence-corrected chi connectivity index (χ1v) is 8.52. The molecule has 1 heterocycles. The molecule has 0 atom stereocenters. The Kier molecular flexibility index (Phi) is 5.33. The molecule has 1 saturated carbocycles. The van der Waals surface area contributed by atoms with Crippen molar-refractivity contribution in [2.24, 2.45) is 11.8 Å². The molecule has 1 aromatic heterocycles. The molecule has 1 aromatic rings. The smallest absolute Gasteiger partial charge is 0.242 e. The summed E-state index contributed by atoms with van der Waals surface area (Å²) in [7, 11) is -3.46. The summed E-state index contributed by atoms with van der Waals surface area (Å²) in [6, 6.07) is 3.02. The van der Waals surface area contributed by atoms with Crippen LogP contribution >= 0.6 is 0 Å². The van der Waals surface area contributed by atoms with Gasteiger partial charge in [-0.3, -0.25) is 0 Å². The van der Waals surface area contributed by atoms with E-state index >= 15 is 0 Å². The predicted molar refractivity (Wildman–Crippen MR) is 78.4 cm³/mol. The van der Waals surface area contributed by atoms with Gasteiger partial charge in [0, 0.05) is 12.7 Å². The molecule has 0 aliphatic heterocycles. The van der Waals surface area contributed by atoms with Gasteiger partial charge in [-0.1, -0.05) is 25.7 Å². The average molecular weight is 298 g/mol. The normalized spacial score (nSPS) is 16.4. The Morgan fingerprint density at radius 1 is 1.30 bits per heavy atom. The van der Waals surface area contributed by atoms with Gasteiger partial charge in [-0.05, 0) is 30.9 Å². The van der Waals surface area contributed by atoms with Crippen LogP contribution in [0.1, 0.15) is 38.5 Å². The minimum absolute atomic E-state index is 0.164. The molecule has 112 valence electrons. The fourth-order valence-corrected chi connectivity index (χ4v) is 3.62. The summed E-state index contributed by atoms with van der Waals surface area (Å²) < 4.78 is 26.7. The molecule has 1 aliphatic rings. The minimum Gasteiger partial charge on any atom is -0.308 e. The number of nitrogen functional groups attached to an aromatic ring is 1. The number of rotatable bonds is 7. The Bertz CT molecular complexity index is 510. The van der Waals surface area contributed by atoms with E-state index in [0.717, 1.165) is 18.8 Å². The van der Waals surface area contributed by atoms with Crippen LogP contribution < -0.4 is 16.0 Å². The summed E-state index contributed by atoms with van der Waals surface area (Å²) in [5.74, 6) is 6.41. The highest BCUT2D eigenvalue weighted by Crippen LogP contribution is 2.28. The summed E-state index contributed by atoms with van der Waals surface area (Å²) in [6.45, 7) is 0.482. The van der Waals surface area contributed by atoms with Crippen molar-refractivity contribution in [3.63, 3.8) is 0 Å². The number of anilines is 1. The van der Waals surface area contributed by atoms with Crippen molar-refractivity contribution >= 4 is 15.8 Å². The van der Waals surface area contributed by atoms with Crippen LogP contribution in [0.4, 0.5) is 5.82 Å². The van der Waals surface area contributed by atoms with Gasteiger partial charge in [0.05, 0.1) is 0 Å². The monoisotopic (exact) mass is 298 g/mol. The molecule has 0 spiro atoms. The van der Waals surface area contributed by atoms with E-state index in [4.69, 9.17) is 5.84 Å². The lowest BCUT2D eigenvalue weighted by atomic mass is 10.0. The van der Waals surface area contributed by atoms with Crippen LogP contribution in [0.5, 0.6) is 0 Å². The van der Waals surface area contributed by atoms with Gasteiger partial charge in [0.15, 0.2) is 0 Å². The summed E-state index contributed by atoms with van der Waals surface area (Å²) >= 11 is 0. The Labute approximate surface area is 120 Å². The van der Waals surface area contributed by atoms with Crippen molar-refractivity contribution in [3.8, 4) is 0 Å². The van der Waals surface area contributed by atoms with Crippen LogP contribution in [-0.2, 0) is 10.0 Å². The lowest BCUT2D eigenvalue weighted by Gasteiger charge is -2.10. The van der Waals surface area contributed by atoms with E-state index in [0.29, 0.717) is 12.4 Å². The van der Waals surface area contributed by atoms with Crippen molar-refractivity contribution in [2.45, 2.75) is 43.4 Å². The third-order valence-corrected chi connectivity index (χ3v) is 5.20. The Hall–Kier alpha value is -1.18. The van der Waals surface area contributed by atoms with Gasteiger partial charge in [0.2, 0.25) is 10.0 Å². The second-order valence-corrected chi connectivity index (χ2v) is 6.98. The van der Waals surface area contributed by atoms with Crippen molar-refractivity contribution < 1.29 is 8.42 Å². The highest BCUT2D eigenvalue weighted by Gasteiger charge is 2.16. The predicted octanol–water partition coefficient (Wildman–Crippen LogP) is 1.62. The fraction of sp³-hybridized carbons (Fsp3) is 0.615. The average Bonchev–Trinajstić information content (AvgIpc) is 2.97. The lowest BCUT2D eigenvalue weighted by Crippen LogP contribution is -2.25. The Morgan fingerprint density at radius 3 is 2.65 bits per heavy atom. The highest BCUT2D eigenvalue weighted by atomic mass is 32.2. The number of pyridine rings is 1. The molecule has 0 aromatic carbocycles. The topological polar surface area (TPSA) is 97.1 Å². The second-order valence-electron chi connectivity index (χ2n) is 5.21. The number of hydrogen-bond acceptors (Lipinski definition) is 5. The lowest BCUT2D eigenvalue weighted by molar-refractivity contribution is 0.480. The molecule has 4 N–H and O–H groups in total. The molecular formula is C13H22N4O2S. The molecule has 6 nitrogen and oxygen atoms in total.